The summed E-state index contributed by atoms with van der Waals surface area (Å²) in [6.45, 7) is 11.7. The van der Waals surface area contributed by atoms with E-state index < -0.39 is 6.10 Å². The Morgan fingerprint density at radius 3 is 2.20 bits per heavy atom. The minimum atomic E-state index is -0.590. The van der Waals surface area contributed by atoms with E-state index in [2.05, 4.69) is 37.4 Å². The maximum absolute atomic E-state index is 12.5. The van der Waals surface area contributed by atoms with Gasteiger partial charge < -0.3 is 10.1 Å². The Bertz CT molecular complexity index is 762. The molecule has 0 aromatic heterocycles. The fraction of sp³-hybridized carbons (Fsp3) is 0.381. The highest BCUT2D eigenvalue weighted by Crippen LogP contribution is 2.26. The Labute approximate surface area is 155 Å². The second kappa shape index (κ2) is 7.92. The third kappa shape index (κ3) is 4.76. The number of carbonyl (C=O) groups excluding carboxylic acids is 1. The van der Waals surface area contributed by atoms with Crippen LogP contribution in [0.5, 0.6) is 5.75 Å². The molecule has 0 aliphatic carbocycles. The molecule has 1 amide bonds. The molecular weight excluding hydrogens is 334 g/mol. The first-order valence-corrected chi connectivity index (χ1v) is 8.87. The van der Waals surface area contributed by atoms with E-state index in [1.807, 2.05) is 32.9 Å². The number of ether oxygens (including phenoxy) is 1. The minimum Gasteiger partial charge on any atom is -0.481 e. The van der Waals surface area contributed by atoms with Crippen LogP contribution in [-0.2, 0) is 4.79 Å². The van der Waals surface area contributed by atoms with Crippen LogP contribution in [0, 0.1) is 27.7 Å². The fourth-order valence-electron chi connectivity index (χ4n) is 2.87. The third-order valence-corrected chi connectivity index (χ3v) is 4.95. The Morgan fingerprint density at radius 2 is 1.60 bits per heavy atom. The van der Waals surface area contributed by atoms with E-state index in [1.54, 1.807) is 6.92 Å². The lowest BCUT2D eigenvalue weighted by Crippen LogP contribution is -2.38. The van der Waals surface area contributed by atoms with Gasteiger partial charge in [0.2, 0.25) is 0 Å². The highest BCUT2D eigenvalue weighted by atomic mass is 35.5. The minimum absolute atomic E-state index is 0.0767. The summed E-state index contributed by atoms with van der Waals surface area (Å²) in [5.41, 5.74) is 5.34. The molecule has 0 saturated heterocycles. The summed E-state index contributed by atoms with van der Waals surface area (Å²) >= 11 is 6.18. The first-order valence-electron chi connectivity index (χ1n) is 8.50. The monoisotopic (exact) mass is 359 g/mol. The van der Waals surface area contributed by atoms with Gasteiger partial charge in [-0.3, -0.25) is 4.79 Å². The van der Waals surface area contributed by atoms with Crippen LogP contribution in [0.3, 0.4) is 0 Å². The van der Waals surface area contributed by atoms with Crippen LogP contribution < -0.4 is 10.1 Å². The molecule has 2 rings (SSSR count). The molecule has 25 heavy (non-hydrogen) atoms. The van der Waals surface area contributed by atoms with Crippen LogP contribution in [0.25, 0.3) is 0 Å². The molecule has 0 aliphatic rings. The van der Waals surface area contributed by atoms with E-state index in [-0.39, 0.29) is 11.9 Å². The van der Waals surface area contributed by atoms with Crippen LogP contribution >= 0.6 is 11.6 Å². The van der Waals surface area contributed by atoms with Gasteiger partial charge in [-0.15, -0.1) is 0 Å². The van der Waals surface area contributed by atoms with Crippen molar-refractivity contribution in [3.63, 3.8) is 0 Å². The highest BCUT2D eigenvalue weighted by molar-refractivity contribution is 6.32. The number of rotatable bonds is 5. The molecule has 3 nitrogen and oxygen atoms in total. The van der Waals surface area contributed by atoms with Crippen molar-refractivity contribution in [2.24, 2.45) is 0 Å². The van der Waals surface area contributed by atoms with Crippen LogP contribution in [-0.4, -0.2) is 12.0 Å². The van der Waals surface area contributed by atoms with Gasteiger partial charge in [-0.1, -0.05) is 35.4 Å². The smallest absolute Gasteiger partial charge is 0.261 e. The van der Waals surface area contributed by atoms with E-state index in [9.17, 15) is 4.79 Å². The summed E-state index contributed by atoms with van der Waals surface area (Å²) in [4.78, 5) is 12.5. The Balaban J connectivity index is 2.06. The molecule has 0 radical (unpaired) electrons. The van der Waals surface area contributed by atoms with Gasteiger partial charge in [0.05, 0.1) is 6.04 Å². The van der Waals surface area contributed by atoms with Crippen molar-refractivity contribution in [2.45, 2.75) is 53.7 Å². The van der Waals surface area contributed by atoms with E-state index in [0.29, 0.717) is 5.75 Å². The second-order valence-electron chi connectivity index (χ2n) is 6.72. The van der Waals surface area contributed by atoms with Crippen molar-refractivity contribution in [1.29, 1.82) is 0 Å². The Hall–Kier alpha value is -2.00. The molecule has 1 N–H and O–H groups in total. The van der Waals surface area contributed by atoms with Crippen LogP contribution in [0.2, 0.25) is 5.02 Å². The van der Waals surface area contributed by atoms with Crippen molar-refractivity contribution in [3.8, 4) is 5.75 Å². The van der Waals surface area contributed by atoms with Crippen molar-refractivity contribution in [1.82, 2.24) is 5.32 Å². The number of aryl methyl sites for hydroxylation is 4. The lowest BCUT2D eigenvalue weighted by Gasteiger charge is -2.21. The molecule has 2 aromatic rings. The molecule has 0 spiro atoms. The van der Waals surface area contributed by atoms with Gasteiger partial charge in [-0.05, 0) is 75.9 Å². The quantitative estimate of drug-likeness (QED) is 0.794. The predicted molar refractivity (Wildman–Crippen MR) is 103 cm³/mol. The molecule has 0 heterocycles. The van der Waals surface area contributed by atoms with E-state index in [4.69, 9.17) is 16.3 Å². The normalized spacial score (nSPS) is 13.2. The molecule has 0 fully saturated rings. The largest absolute Gasteiger partial charge is 0.481 e. The first kappa shape index (κ1) is 19.3. The van der Waals surface area contributed by atoms with Crippen LogP contribution in [0.1, 0.15) is 47.7 Å². The van der Waals surface area contributed by atoms with Gasteiger partial charge in [0.15, 0.2) is 6.10 Å². The molecule has 2 atom stereocenters. The van der Waals surface area contributed by atoms with Crippen molar-refractivity contribution >= 4 is 17.5 Å². The summed E-state index contributed by atoms with van der Waals surface area (Å²) in [7, 11) is 0. The topological polar surface area (TPSA) is 38.3 Å². The highest BCUT2D eigenvalue weighted by Gasteiger charge is 2.19. The standard InChI is InChI=1S/C21H26ClNO2/c1-12-7-8-13(2)19(9-12)16(5)23-21(24)17(6)25-18-10-14(3)20(22)15(4)11-18/h7-11,16-17H,1-6H3,(H,23,24)/t16-,17+/m1/s1. The molecule has 4 heteroatoms. The van der Waals surface area contributed by atoms with Gasteiger partial charge in [0.25, 0.3) is 5.91 Å². The summed E-state index contributed by atoms with van der Waals surface area (Å²) in [6.07, 6.45) is -0.590. The third-order valence-electron chi connectivity index (χ3n) is 4.35. The maximum atomic E-state index is 12.5. The average Bonchev–Trinajstić information content (AvgIpc) is 2.54. The number of benzene rings is 2. The SMILES string of the molecule is Cc1ccc(C)c([C@@H](C)NC(=O)[C@H](C)Oc2cc(C)c(Cl)c(C)c2)c1. The molecule has 0 saturated carbocycles. The number of nitrogens with one attached hydrogen (secondary N) is 1. The summed E-state index contributed by atoms with van der Waals surface area (Å²) in [5, 5.41) is 3.76. The lowest BCUT2D eigenvalue weighted by molar-refractivity contribution is -0.127. The van der Waals surface area contributed by atoms with E-state index in [0.717, 1.165) is 27.3 Å². The zero-order valence-corrected chi connectivity index (χ0v) is 16.5. The van der Waals surface area contributed by atoms with Crippen LogP contribution in [0.4, 0.5) is 0 Å². The molecule has 0 unspecified atom stereocenters. The molecule has 2 aromatic carbocycles. The van der Waals surface area contributed by atoms with Crippen molar-refractivity contribution in [3.05, 3.63) is 63.2 Å². The molecular formula is C21H26ClNO2. The van der Waals surface area contributed by atoms with Crippen molar-refractivity contribution < 1.29 is 9.53 Å². The van der Waals surface area contributed by atoms with Gasteiger partial charge >= 0.3 is 0 Å². The Kier molecular flexibility index (Phi) is 6.12. The number of halogens is 1. The zero-order chi connectivity index (χ0) is 18.7. The second-order valence-corrected chi connectivity index (χ2v) is 7.10. The number of hydrogen-bond acceptors (Lipinski definition) is 2. The van der Waals surface area contributed by atoms with Crippen molar-refractivity contribution in [2.75, 3.05) is 0 Å². The van der Waals surface area contributed by atoms with Gasteiger partial charge in [-0.25, -0.2) is 0 Å². The maximum Gasteiger partial charge on any atom is 0.261 e. The molecule has 134 valence electrons. The first-order chi connectivity index (χ1) is 11.7. The average molecular weight is 360 g/mol. The number of amides is 1. The van der Waals surface area contributed by atoms with E-state index >= 15 is 0 Å². The predicted octanol–water partition coefficient (Wildman–Crippen LogP) is 5.22. The lowest BCUT2D eigenvalue weighted by atomic mass is 10.00. The summed E-state index contributed by atoms with van der Waals surface area (Å²) in [6, 6.07) is 9.89. The summed E-state index contributed by atoms with van der Waals surface area (Å²) < 4.78 is 5.81. The van der Waals surface area contributed by atoms with Gasteiger partial charge in [0.1, 0.15) is 5.75 Å². The van der Waals surface area contributed by atoms with Crippen LogP contribution in [0.15, 0.2) is 30.3 Å². The van der Waals surface area contributed by atoms with E-state index in [1.165, 1.54) is 5.56 Å². The summed E-state index contributed by atoms with van der Waals surface area (Å²) in [5.74, 6) is 0.514. The van der Waals surface area contributed by atoms with Gasteiger partial charge in [0, 0.05) is 5.02 Å². The fourth-order valence-corrected chi connectivity index (χ4v) is 2.98. The molecule has 0 bridgehead atoms. The number of carbonyl (C=O) groups is 1. The number of hydrogen-bond donors (Lipinski definition) is 1. The molecule has 0 aliphatic heterocycles. The van der Waals surface area contributed by atoms with Gasteiger partial charge in [-0.2, -0.15) is 0 Å². The zero-order valence-electron chi connectivity index (χ0n) is 15.7. The Morgan fingerprint density at radius 1 is 1.00 bits per heavy atom.